The standard InChI is InChI=1S/C26H31N5O4/c32-25(35-19-2-1-3-19)31-12-10-30(11-13-31)23-6-9-27-24-20(23)16-22(29-24)21-5-4-18(17-28-21)26(33)7-14-34-15-8-26/h4-6,9,16-17,19,33H,1-3,7-8,10-15H2,(H,27,29). The first-order valence-corrected chi connectivity index (χ1v) is 12.5. The van der Waals surface area contributed by atoms with E-state index >= 15 is 0 Å². The Morgan fingerprint density at radius 1 is 1.11 bits per heavy atom. The molecular formula is C26H31N5O4. The second-order valence-electron chi connectivity index (χ2n) is 9.76. The first-order valence-electron chi connectivity index (χ1n) is 12.5. The largest absolute Gasteiger partial charge is 0.446 e. The number of hydrogen-bond donors (Lipinski definition) is 2. The molecule has 0 aromatic carbocycles. The Morgan fingerprint density at radius 3 is 2.60 bits per heavy atom. The monoisotopic (exact) mass is 477 g/mol. The molecule has 2 saturated heterocycles. The number of piperazine rings is 1. The summed E-state index contributed by atoms with van der Waals surface area (Å²) < 4.78 is 11.0. The molecule has 35 heavy (non-hydrogen) atoms. The van der Waals surface area contributed by atoms with Crippen LogP contribution < -0.4 is 4.90 Å². The Balaban J connectivity index is 1.17. The van der Waals surface area contributed by atoms with Gasteiger partial charge in [-0.3, -0.25) is 4.98 Å². The van der Waals surface area contributed by atoms with E-state index in [0.29, 0.717) is 39.1 Å². The van der Waals surface area contributed by atoms with Crippen LogP contribution in [-0.2, 0) is 15.1 Å². The van der Waals surface area contributed by atoms with E-state index in [1.165, 1.54) is 0 Å². The Kier molecular flexibility index (Phi) is 5.82. The normalized spacial score (nSPS) is 20.6. The number of nitrogens with one attached hydrogen (secondary N) is 1. The highest BCUT2D eigenvalue weighted by molar-refractivity contribution is 5.93. The van der Waals surface area contributed by atoms with E-state index < -0.39 is 5.60 Å². The number of carbonyl (C=O) groups excluding carboxylic acids is 1. The number of nitrogens with zero attached hydrogens (tertiary/aromatic N) is 4. The molecule has 3 aliphatic rings. The van der Waals surface area contributed by atoms with Crippen molar-refractivity contribution in [2.45, 2.75) is 43.8 Å². The van der Waals surface area contributed by atoms with Crippen molar-refractivity contribution in [3.05, 3.63) is 42.2 Å². The number of fused-ring (bicyclic) bond motifs is 1. The lowest BCUT2D eigenvalue weighted by atomic mass is 9.87. The lowest BCUT2D eigenvalue weighted by Gasteiger charge is -2.37. The van der Waals surface area contributed by atoms with Gasteiger partial charge in [-0.2, -0.15) is 0 Å². The second-order valence-corrected chi connectivity index (χ2v) is 9.76. The third-order valence-corrected chi connectivity index (χ3v) is 7.60. The zero-order valence-electron chi connectivity index (χ0n) is 19.8. The summed E-state index contributed by atoms with van der Waals surface area (Å²) >= 11 is 0. The molecule has 0 atom stereocenters. The summed E-state index contributed by atoms with van der Waals surface area (Å²) in [6.45, 7) is 3.89. The van der Waals surface area contributed by atoms with Gasteiger partial charge in [0.1, 0.15) is 11.8 Å². The molecule has 1 aliphatic carbocycles. The SMILES string of the molecule is O=C(OC1CCC1)N1CCN(c2ccnc3[nH]c(-c4ccc(C5(O)CCOCC5)cn4)cc23)CC1. The summed E-state index contributed by atoms with van der Waals surface area (Å²) in [5.74, 6) is 0. The highest BCUT2D eigenvalue weighted by Crippen LogP contribution is 2.34. The van der Waals surface area contributed by atoms with E-state index in [0.717, 1.165) is 66.0 Å². The summed E-state index contributed by atoms with van der Waals surface area (Å²) in [5, 5.41) is 12.0. The minimum absolute atomic E-state index is 0.112. The molecule has 0 unspecified atom stereocenters. The number of aromatic amines is 1. The molecule has 2 aliphatic heterocycles. The van der Waals surface area contributed by atoms with Crippen LogP contribution in [-0.4, -0.2) is 76.5 Å². The number of amides is 1. The number of aromatic nitrogens is 3. The zero-order valence-corrected chi connectivity index (χ0v) is 19.8. The van der Waals surface area contributed by atoms with E-state index in [4.69, 9.17) is 9.47 Å². The molecule has 9 heteroatoms. The van der Waals surface area contributed by atoms with E-state index in [-0.39, 0.29) is 12.2 Å². The minimum atomic E-state index is -0.870. The topological polar surface area (TPSA) is 104 Å². The smallest absolute Gasteiger partial charge is 0.410 e. The molecule has 9 nitrogen and oxygen atoms in total. The Labute approximate surface area is 204 Å². The number of pyridine rings is 2. The van der Waals surface area contributed by atoms with Crippen LogP contribution in [0, 0.1) is 0 Å². The van der Waals surface area contributed by atoms with Crippen molar-refractivity contribution < 1.29 is 19.4 Å². The fourth-order valence-corrected chi connectivity index (χ4v) is 5.09. The van der Waals surface area contributed by atoms with Gasteiger partial charge in [-0.1, -0.05) is 6.07 Å². The van der Waals surface area contributed by atoms with Gasteiger partial charge >= 0.3 is 6.09 Å². The van der Waals surface area contributed by atoms with Crippen molar-refractivity contribution in [1.29, 1.82) is 0 Å². The predicted molar refractivity (Wildman–Crippen MR) is 131 cm³/mol. The van der Waals surface area contributed by atoms with E-state index in [1.54, 1.807) is 6.20 Å². The zero-order chi connectivity index (χ0) is 23.8. The number of rotatable bonds is 4. The lowest BCUT2D eigenvalue weighted by Crippen LogP contribution is -2.49. The Bertz CT molecular complexity index is 1190. The van der Waals surface area contributed by atoms with Crippen molar-refractivity contribution in [3.63, 3.8) is 0 Å². The Morgan fingerprint density at radius 2 is 1.91 bits per heavy atom. The third-order valence-electron chi connectivity index (χ3n) is 7.60. The predicted octanol–water partition coefficient (Wildman–Crippen LogP) is 3.43. The van der Waals surface area contributed by atoms with Gasteiger partial charge in [0.25, 0.3) is 0 Å². The fourth-order valence-electron chi connectivity index (χ4n) is 5.09. The maximum absolute atomic E-state index is 12.4. The van der Waals surface area contributed by atoms with E-state index in [9.17, 15) is 9.90 Å². The molecule has 0 radical (unpaired) electrons. The van der Waals surface area contributed by atoms with Crippen LogP contribution in [0.4, 0.5) is 10.5 Å². The molecule has 3 fully saturated rings. The highest BCUT2D eigenvalue weighted by Gasteiger charge is 2.32. The first kappa shape index (κ1) is 22.3. The molecule has 5 heterocycles. The second kappa shape index (κ2) is 9.13. The van der Waals surface area contributed by atoms with E-state index in [1.807, 2.05) is 29.3 Å². The molecular weight excluding hydrogens is 446 g/mol. The van der Waals surface area contributed by atoms with Crippen molar-refractivity contribution in [3.8, 4) is 11.4 Å². The fraction of sp³-hybridized carbons (Fsp3) is 0.500. The maximum atomic E-state index is 12.4. The van der Waals surface area contributed by atoms with Gasteiger partial charge in [-0.25, -0.2) is 9.78 Å². The van der Waals surface area contributed by atoms with Crippen LogP contribution in [0.15, 0.2) is 36.7 Å². The quantitative estimate of drug-likeness (QED) is 0.593. The van der Waals surface area contributed by atoms with Gasteiger partial charge < -0.3 is 29.4 Å². The van der Waals surface area contributed by atoms with Gasteiger partial charge in [0.2, 0.25) is 0 Å². The first-order chi connectivity index (χ1) is 17.1. The van der Waals surface area contributed by atoms with Crippen molar-refractivity contribution in [2.75, 3.05) is 44.3 Å². The summed E-state index contributed by atoms with van der Waals surface area (Å²) in [6, 6.07) is 8.01. The van der Waals surface area contributed by atoms with Crippen molar-refractivity contribution >= 4 is 22.8 Å². The van der Waals surface area contributed by atoms with Crippen LogP contribution in [0.1, 0.15) is 37.7 Å². The molecule has 1 amide bonds. The van der Waals surface area contributed by atoms with Crippen molar-refractivity contribution in [1.82, 2.24) is 19.9 Å². The molecule has 6 rings (SSSR count). The van der Waals surface area contributed by atoms with Gasteiger partial charge in [0, 0.05) is 81.3 Å². The molecule has 3 aromatic rings. The average Bonchev–Trinajstić information content (AvgIpc) is 3.31. The third kappa shape index (κ3) is 4.34. The van der Waals surface area contributed by atoms with Gasteiger partial charge in [-0.15, -0.1) is 0 Å². The highest BCUT2D eigenvalue weighted by atomic mass is 16.6. The Hall–Kier alpha value is -3.17. The molecule has 2 N–H and O–H groups in total. The number of H-pyrrole nitrogens is 1. The number of aliphatic hydroxyl groups is 1. The van der Waals surface area contributed by atoms with Crippen LogP contribution in [0.2, 0.25) is 0 Å². The van der Waals surface area contributed by atoms with E-state index in [2.05, 4.69) is 25.9 Å². The van der Waals surface area contributed by atoms with Gasteiger partial charge in [0.05, 0.1) is 17.0 Å². The van der Waals surface area contributed by atoms with Gasteiger partial charge in [0.15, 0.2) is 0 Å². The summed E-state index contributed by atoms with van der Waals surface area (Å²) in [7, 11) is 0. The van der Waals surface area contributed by atoms with Crippen LogP contribution in [0.25, 0.3) is 22.4 Å². The van der Waals surface area contributed by atoms with Crippen LogP contribution in [0.5, 0.6) is 0 Å². The summed E-state index contributed by atoms with van der Waals surface area (Å²) in [6.07, 6.45) is 7.81. The number of hydrogen-bond acceptors (Lipinski definition) is 7. The maximum Gasteiger partial charge on any atom is 0.410 e. The van der Waals surface area contributed by atoms with Crippen LogP contribution in [0.3, 0.4) is 0 Å². The lowest BCUT2D eigenvalue weighted by molar-refractivity contribution is -0.0680. The molecule has 3 aromatic heterocycles. The summed E-state index contributed by atoms with van der Waals surface area (Å²) in [4.78, 5) is 29.1. The van der Waals surface area contributed by atoms with Crippen LogP contribution >= 0.6 is 0 Å². The molecule has 1 saturated carbocycles. The van der Waals surface area contributed by atoms with Crippen molar-refractivity contribution in [2.24, 2.45) is 0 Å². The minimum Gasteiger partial charge on any atom is -0.446 e. The molecule has 184 valence electrons. The van der Waals surface area contributed by atoms with Gasteiger partial charge in [-0.05, 0) is 37.5 Å². The molecule has 0 spiro atoms. The molecule has 0 bridgehead atoms. The number of ether oxygens (including phenoxy) is 2. The average molecular weight is 478 g/mol. The number of anilines is 1. The summed E-state index contributed by atoms with van der Waals surface area (Å²) in [5.41, 5.74) is 3.54. The number of carbonyl (C=O) groups is 1.